The molecule has 0 aromatic rings. The average molecular weight is 520 g/mol. The fourth-order valence-corrected chi connectivity index (χ4v) is 4.47. The summed E-state index contributed by atoms with van der Waals surface area (Å²) >= 11 is 1.85. The van der Waals surface area contributed by atoms with E-state index in [2.05, 4.69) is 51.5 Å². The molecule has 0 bridgehead atoms. The Kier molecular flexibility index (Phi) is 7.09. The van der Waals surface area contributed by atoms with E-state index in [-0.39, 0.29) is 6.04 Å². The zero-order valence-corrected chi connectivity index (χ0v) is 20.2. The highest BCUT2D eigenvalue weighted by Crippen LogP contribution is 2.36. The standard InChI is InChI=1S/C24H30FIN4/c1-17(13-23-28-27-16-29(23)5)20-10-8-11-21(14-20)30-15-18(2)22(24(4,25)26)12-7-6-9-19(30)3/h6-8,12,15,21,27H,1,3,9,11,13-14,16H2,2,4-5H3/b7-6+,18-15+,22-12+. The number of nitrogens with one attached hydrogen (secondary N) is 1. The summed E-state index contributed by atoms with van der Waals surface area (Å²) in [5.41, 5.74) is 11.2. The number of hydrogen-bond acceptors (Lipinski definition) is 4. The number of rotatable bonds is 5. The van der Waals surface area contributed by atoms with E-state index >= 15 is 0 Å². The lowest BCUT2D eigenvalue weighted by molar-refractivity contribution is 0.326. The first kappa shape index (κ1) is 22.6. The van der Waals surface area contributed by atoms with Gasteiger partial charge in [0, 0.05) is 49.8 Å². The predicted molar refractivity (Wildman–Crippen MR) is 132 cm³/mol. The number of hydrogen-bond donors (Lipinski definition) is 1. The van der Waals surface area contributed by atoms with Gasteiger partial charge in [0.2, 0.25) is 0 Å². The monoisotopic (exact) mass is 520 g/mol. The van der Waals surface area contributed by atoms with Crippen molar-refractivity contribution >= 4 is 28.4 Å². The number of halogens is 2. The second kappa shape index (κ2) is 9.40. The predicted octanol–water partition coefficient (Wildman–Crippen LogP) is 5.71. The summed E-state index contributed by atoms with van der Waals surface area (Å²) in [5, 5.41) is 4.34. The Morgan fingerprint density at radius 1 is 1.50 bits per heavy atom. The van der Waals surface area contributed by atoms with E-state index in [9.17, 15) is 4.39 Å². The molecule has 2 heterocycles. The second-order valence-corrected chi connectivity index (χ2v) is 10.2. The summed E-state index contributed by atoms with van der Waals surface area (Å²) in [6, 6.07) is 0.203. The summed E-state index contributed by atoms with van der Waals surface area (Å²) in [5.74, 6) is 0.989. The first-order chi connectivity index (χ1) is 14.2. The summed E-state index contributed by atoms with van der Waals surface area (Å²) in [6.07, 6.45) is 13.1. The molecule has 0 aromatic carbocycles. The Bertz CT molecular complexity index is 910. The third-order valence-corrected chi connectivity index (χ3v) is 6.18. The maximum atomic E-state index is 14.8. The molecule has 0 saturated carbocycles. The summed E-state index contributed by atoms with van der Waals surface area (Å²) in [6.45, 7) is 12.9. The van der Waals surface area contributed by atoms with Crippen molar-refractivity contribution in [3.8, 4) is 0 Å². The maximum absolute atomic E-state index is 14.8. The molecule has 1 aliphatic carbocycles. The van der Waals surface area contributed by atoms with Crippen molar-refractivity contribution in [1.29, 1.82) is 0 Å². The summed E-state index contributed by atoms with van der Waals surface area (Å²) < 4.78 is 13.3. The van der Waals surface area contributed by atoms with Crippen LogP contribution in [0.4, 0.5) is 4.39 Å². The molecular formula is C24H30FIN4. The maximum Gasteiger partial charge on any atom is 0.183 e. The summed E-state index contributed by atoms with van der Waals surface area (Å²) in [7, 11) is 2.02. The van der Waals surface area contributed by atoms with E-state index < -0.39 is 3.68 Å². The van der Waals surface area contributed by atoms with Crippen molar-refractivity contribution in [1.82, 2.24) is 15.2 Å². The van der Waals surface area contributed by atoms with Gasteiger partial charge in [0.05, 0.1) is 0 Å². The molecule has 2 aliphatic heterocycles. The smallest absolute Gasteiger partial charge is 0.183 e. The lowest BCUT2D eigenvalue weighted by Crippen LogP contribution is -2.32. The first-order valence-electron chi connectivity index (χ1n) is 10.2. The van der Waals surface area contributed by atoms with Crippen LogP contribution in [0.1, 0.15) is 39.5 Å². The molecule has 2 atom stereocenters. The van der Waals surface area contributed by atoms with Gasteiger partial charge in [-0.1, -0.05) is 31.4 Å². The number of nitrogens with zero attached hydrogens (tertiary/aromatic N) is 3. The highest BCUT2D eigenvalue weighted by Gasteiger charge is 2.28. The third-order valence-electron chi connectivity index (χ3n) is 5.60. The van der Waals surface area contributed by atoms with E-state index in [4.69, 9.17) is 0 Å². The van der Waals surface area contributed by atoms with Crippen molar-refractivity contribution in [2.24, 2.45) is 5.10 Å². The third kappa shape index (κ3) is 5.35. The number of hydrazone groups is 1. The van der Waals surface area contributed by atoms with Crippen molar-refractivity contribution in [3.63, 3.8) is 0 Å². The van der Waals surface area contributed by atoms with E-state index in [1.54, 1.807) is 6.92 Å². The van der Waals surface area contributed by atoms with Crippen LogP contribution < -0.4 is 5.43 Å². The largest absolute Gasteiger partial charge is 0.348 e. The van der Waals surface area contributed by atoms with Crippen LogP contribution in [-0.2, 0) is 0 Å². The van der Waals surface area contributed by atoms with Gasteiger partial charge in [-0.15, -0.1) is 5.73 Å². The Balaban J connectivity index is 1.80. The molecular weight excluding hydrogens is 490 g/mol. The minimum Gasteiger partial charge on any atom is -0.348 e. The normalized spacial score (nSPS) is 28.6. The second-order valence-electron chi connectivity index (χ2n) is 8.13. The minimum absolute atomic E-state index is 0.203. The molecule has 6 heteroatoms. The van der Waals surface area contributed by atoms with Gasteiger partial charge < -0.3 is 9.80 Å². The van der Waals surface area contributed by atoms with E-state index in [1.165, 1.54) is 0 Å². The number of amidine groups is 1. The molecule has 1 N–H and O–H groups in total. The minimum atomic E-state index is -1.44. The Morgan fingerprint density at radius 3 is 2.93 bits per heavy atom. The van der Waals surface area contributed by atoms with Gasteiger partial charge in [0.15, 0.2) is 3.68 Å². The Morgan fingerprint density at radius 2 is 2.27 bits per heavy atom. The summed E-state index contributed by atoms with van der Waals surface area (Å²) in [4.78, 5) is 4.30. The molecule has 3 rings (SSSR count). The van der Waals surface area contributed by atoms with Crippen LogP contribution in [0.2, 0.25) is 0 Å². The first-order valence-corrected chi connectivity index (χ1v) is 11.3. The molecule has 0 radical (unpaired) electrons. The highest BCUT2D eigenvalue weighted by atomic mass is 127. The zero-order valence-electron chi connectivity index (χ0n) is 18.0. The van der Waals surface area contributed by atoms with Crippen molar-refractivity contribution in [2.75, 3.05) is 13.7 Å². The van der Waals surface area contributed by atoms with Gasteiger partial charge in [-0.2, -0.15) is 5.10 Å². The Labute approximate surface area is 193 Å². The van der Waals surface area contributed by atoms with Gasteiger partial charge in [-0.25, -0.2) is 4.39 Å². The molecule has 0 saturated heterocycles. The lowest BCUT2D eigenvalue weighted by Gasteiger charge is -2.34. The van der Waals surface area contributed by atoms with E-state index in [1.807, 2.05) is 54.8 Å². The zero-order chi connectivity index (χ0) is 21.9. The average Bonchev–Trinajstić information content (AvgIpc) is 3.11. The molecule has 160 valence electrons. The van der Waals surface area contributed by atoms with Gasteiger partial charge >= 0.3 is 0 Å². The van der Waals surface area contributed by atoms with Crippen LogP contribution in [0.15, 0.2) is 82.5 Å². The molecule has 0 amide bonds. The topological polar surface area (TPSA) is 30.9 Å². The van der Waals surface area contributed by atoms with Crippen LogP contribution in [0.3, 0.4) is 0 Å². The van der Waals surface area contributed by atoms with Gasteiger partial charge in [0.1, 0.15) is 12.5 Å². The van der Waals surface area contributed by atoms with Crippen LogP contribution in [0, 0.1) is 0 Å². The van der Waals surface area contributed by atoms with Crippen molar-refractivity contribution in [3.05, 3.63) is 77.4 Å². The van der Waals surface area contributed by atoms with E-state index in [0.717, 1.165) is 54.2 Å². The fraction of sp³-hybridized carbons (Fsp3) is 0.417. The SMILES string of the molecule is C=C(CC1=NNCN1C)C1=C=CCC(N2/C=C(C)/C(C(C)(F)I)=C\C=C\CC2=C)C1. The molecule has 3 aliphatic rings. The highest BCUT2D eigenvalue weighted by molar-refractivity contribution is 14.1. The van der Waals surface area contributed by atoms with Crippen LogP contribution in [-0.4, -0.2) is 39.1 Å². The molecule has 0 aromatic heterocycles. The molecule has 2 unspecified atom stereocenters. The van der Waals surface area contributed by atoms with Crippen LogP contribution >= 0.6 is 22.6 Å². The van der Waals surface area contributed by atoms with Gasteiger partial charge in [0.25, 0.3) is 0 Å². The molecule has 0 spiro atoms. The van der Waals surface area contributed by atoms with Crippen LogP contribution in [0.5, 0.6) is 0 Å². The van der Waals surface area contributed by atoms with Crippen molar-refractivity contribution in [2.45, 2.75) is 49.2 Å². The molecule has 0 fully saturated rings. The lowest BCUT2D eigenvalue weighted by atomic mass is 9.91. The Hall–Kier alpha value is -2.05. The van der Waals surface area contributed by atoms with Gasteiger partial charge in [-0.05, 0) is 65.7 Å². The number of alkyl halides is 2. The number of allylic oxidation sites excluding steroid dienone is 5. The fourth-order valence-electron chi connectivity index (χ4n) is 3.87. The molecule has 30 heavy (non-hydrogen) atoms. The quantitative estimate of drug-likeness (QED) is 0.286. The van der Waals surface area contributed by atoms with Gasteiger partial charge in [-0.3, -0.25) is 5.43 Å². The van der Waals surface area contributed by atoms with E-state index in [0.29, 0.717) is 12.0 Å². The van der Waals surface area contributed by atoms with Crippen LogP contribution in [0.25, 0.3) is 0 Å². The van der Waals surface area contributed by atoms with Crippen molar-refractivity contribution < 1.29 is 4.39 Å². The molecule has 4 nitrogen and oxygen atoms in total.